The Morgan fingerprint density at radius 1 is 1.00 bits per heavy atom. The second-order valence-electron chi connectivity index (χ2n) is 6.77. The van der Waals surface area contributed by atoms with Crippen molar-refractivity contribution in [3.63, 3.8) is 0 Å². The van der Waals surface area contributed by atoms with Gasteiger partial charge >= 0.3 is 0 Å². The van der Waals surface area contributed by atoms with Gasteiger partial charge in [-0.15, -0.1) is 0 Å². The van der Waals surface area contributed by atoms with Gasteiger partial charge in [0.25, 0.3) is 0 Å². The van der Waals surface area contributed by atoms with Crippen molar-refractivity contribution in [1.29, 1.82) is 0 Å². The van der Waals surface area contributed by atoms with Gasteiger partial charge < -0.3 is 10.6 Å². The lowest BCUT2D eigenvalue weighted by atomic mass is 10.2. The maximum Gasteiger partial charge on any atom is 0.171 e. The predicted octanol–water partition coefficient (Wildman–Crippen LogP) is 3.39. The minimum Gasteiger partial charge on any atom is -0.358 e. The molecule has 2 heterocycles. The average molecular weight is 383 g/mol. The van der Waals surface area contributed by atoms with Crippen molar-refractivity contribution in [2.45, 2.75) is 40.8 Å². The molecule has 0 spiro atoms. The van der Waals surface area contributed by atoms with E-state index in [9.17, 15) is 0 Å². The van der Waals surface area contributed by atoms with Crippen LogP contribution in [0.3, 0.4) is 0 Å². The molecule has 0 bridgehead atoms. The van der Waals surface area contributed by atoms with Gasteiger partial charge in [-0.2, -0.15) is 10.2 Å². The number of hydrogen-bond acceptors (Lipinski definition) is 3. The minimum absolute atomic E-state index is 0.586. The van der Waals surface area contributed by atoms with Crippen molar-refractivity contribution in [2.75, 3.05) is 5.32 Å². The smallest absolute Gasteiger partial charge is 0.171 e. The van der Waals surface area contributed by atoms with Gasteiger partial charge in [0.15, 0.2) is 5.11 Å². The van der Waals surface area contributed by atoms with Crippen LogP contribution in [0.1, 0.15) is 33.9 Å². The molecule has 7 heteroatoms. The van der Waals surface area contributed by atoms with Crippen molar-refractivity contribution >= 4 is 23.0 Å². The Hall–Kier alpha value is -2.67. The molecule has 0 atom stereocenters. The Kier molecular flexibility index (Phi) is 5.60. The van der Waals surface area contributed by atoms with E-state index in [0.29, 0.717) is 11.7 Å². The van der Waals surface area contributed by atoms with Crippen molar-refractivity contribution in [3.8, 4) is 0 Å². The molecule has 0 aliphatic carbocycles. The van der Waals surface area contributed by atoms with Crippen LogP contribution in [0.4, 0.5) is 5.69 Å². The molecule has 1 aromatic carbocycles. The van der Waals surface area contributed by atoms with Crippen molar-refractivity contribution < 1.29 is 0 Å². The first-order valence-electron chi connectivity index (χ1n) is 8.98. The summed E-state index contributed by atoms with van der Waals surface area (Å²) < 4.78 is 3.90. The van der Waals surface area contributed by atoms with E-state index in [4.69, 9.17) is 12.2 Å². The van der Waals surface area contributed by atoms with Gasteiger partial charge in [0.1, 0.15) is 0 Å². The SMILES string of the molecule is Cc1nn(C)c(C)c1CNC(=S)Nc1c(C)nn(Cc2ccccc2)c1C. The highest BCUT2D eigenvalue weighted by Crippen LogP contribution is 2.20. The topological polar surface area (TPSA) is 59.7 Å². The number of thiocarbonyl (C=S) groups is 1. The molecule has 142 valence electrons. The number of nitrogens with one attached hydrogen (secondary N) is 2. The highest BCUT2D eigenvalue weighted by atomic mass is 32.1. The number of aromatic nitrogens is 4. The number of nitrogens with zero attached hydrogens (tertiary/aromatic N) is 4. The predicted molar refractivity (Wildman–Crippen MR) is 113 cm³/mol. The number of rotatable bonds is 5. The summed E-state index contributed by atoms with van der Waals surface area (Å²) in [5, 5.41) is 16.3. The van der Waals surface area contributed by atoms with E-state index in [1.165, 1.54) is 11.1 Å². The molecular formula is C20H26N6S. The molecule has 0 saturated heterocycles. The Labute approximate surface area is 165 Å². The third kappa shape index (κ3) is 4.19. The van der Waals surface area contributed by atoms with Gasteiger partial charge in [0.05, 0.1) is 29.3 Å². The molecule has 3 aromatic rings. The first-order chi connectivity index (χ1) is 12.9. The van der Waals surface area contributed by atoms with E-state index in [1.807, 2.05) is 48.5 Å². The molecule has 0 saturated carbocycles. The average Bonchev–Trinajstić information content (AvgIpc) is 3.03. The van der Waals surface area contributed by atoms with Crippen LogP contribution in [-0.2, 0) is 20.1 Å². The summed E-state index contributed by atoms with van der Waals surface area (Å²) in [7, 11) is 1.95. The van der Waals surface area contributed by atoms with Crippen molar-refractivity contribution in [1.82, 2.24) is 24.9 Å². The lowest BCUT2D eigenvalue weighted by molar-refractivity contribution is 0.659. The maximum absolute atomic E-state index is 5.50. The van der Waals surface area contributed by atoms with Crippen LogP contribution >= 0.6 is 12.2 Å². The molecular weight excluding hydrogens is 356 g/mol. The molecule has 0 amide bonds. The van der Waals surface area contributed by atoms with Gasteiger partial charge in [-0.25, -0.2) is 0 Å². The molecule has 0 radical (unpaired) electrons. The van der Waals surface area contributed by atoms with E-state index < -0.39 is 0 Å². The van der Waals surface area contributed by atoms with Crippen LogP contribution in [-0.4, -0.2) is 24.7 Å². The molecule has 2 aromatic heterocycles. The zero-order valence-electron chi connectivity index (χ0n) is 16.5. The van der Waals surface area contributed by atoms with E-state index in [1.54, 1.807) is 0 Å². The standard InChI is InChI=1S/C20H26N6S/c1-13-18(15(3)25(5)23-13)11-21-20(27)22-19-14(2)24-26(16(19)4)12-17-9-7-6-8-10-17/h6-10H,11-12H2,1-5H3,(H2,21,22,27). The van der Waals surface area contributed by atoms with E-state index >= 15 is 0 Å². The number of aryl methyl sites for hydroxylation is 3. The monoisotopic (exact) mass is 382 g/mol. The molecule has 2 N–H and O–H groups in total. The van der Waals surface area contributed by atoms with E-state index in [0.717, 1.165) is 35.0 Å². The van der Waals surface area contributed by atoms with Crippen LogP contribution < -0.4 is 10.6 Å². The van der Waals surface area contributed by atoms with Crippen molar-refractivity contribution in [2.24, 2.45) is 7.05 Å². The fourth-order valence-corrected chi connectivity index (χ4v) is 3.36. The van der Waals surface area contributed by atoms with Crippen LogP contribution in [0.15, 0.2) is 30.3 Å². The molecule has 3 rings (SSSR count). The summed E-state index contributed by atoms with van der Waals surface area (Å²) in [4.78, 5) is 0. The highest BCUT2D eigenvalue weighted by Gasteiger charge is 2.14. The number of anilines is 1. The molecule has 27 heavy (non-hydrogen) atoms. The van der Waals surface area contributed by atoms with E-state index in [2.05, 4.69) is 46.8 Å². The lowest BCUT2D eigenvalue weighted by Gasteiger charge is -2.12. The molecule has 6 nitrogen and oxygen atoms in total. The fraction of sp³-hybridized carbons (Fsp3) is 0.350. The normalized spacial score (nSPS) is 10.9. The van der Waals surface area contributed by atoms with Gasteiger partial charge in [0, 0.05) is 24.8 Å². The minimum atomic E-state index is 0.586. The van der Waals surface area contributed by atoms with Gasteiger partial charge in [-0.1, -0.05) is 30.3 Å². The second kappa shape index (κ2) is 7.92. The Morgan fingerprint density at radius 2 is 1.70 bits per heavy atom. The first-order valence-corrected chi connectivity index (χ1v) is 9.39. The third-order valence-electron chi connectivity index (χ3n) is 4.88. The number of hydrogen-bond donors (Lipinski definition) is 2. The van der Waals surface area contributed by atoms with Crippen LogP contribution in [0.25, 0.3) is 0 Å². The zero-order chi connectivity index (χ0) is 19.6. The Morgan fingerprint density at radius 3 is 2.33 bits per heavy atom. The maximum atomic E-state index is 5.50. The Balaban J connectivity index is 1.67. The van der Waals surface area contributed by atoms with Gasteiger partial charge in [0.2, 0.25) is 0 Å². The Bertz CT molecular complexity index is 955. The molecule has 0 aliphatic heterocycles. The molecule has 0 unspecified atom stereocenters. The fourth-order valence-electron chi connectivity index (χ4n) is 3.19. The quantitative estimate of drug-likeness (QED) is 0.663. The van der Waals surface area contributed by atoms with Crippen LogP contribution in [0.2, 0.25) is 0 Å². The summed E-state index contributed by atoms with van der Waals surface area (Å²) in [6.45, 7) is 9.52. The van der Waals surface area contributed by atoms with Gasteiger partial charge in [-0.3, -0.25) is 9.36 Å². The van der Waals surface area contributed by atoms with E-state index in [-0.39, 0.29) is 0 Å². The van der Waals surface area contributed by atoms with Crippen molar-refractivity contribution in [3.05, 3.63) is 64.2 Å². The summed E-state index contributed by atoms with van der Waals surface area (Å²) >= 11 is 5.50. The summed E-state index contributed by atoms with van der Waals surface area (Å²) in [6, 6.07) is 10.3. The third-order valence-corrected chi connectivity index (χ3v) is 5.13. The van der Waals surface area contributed by atoms with Crippen LogP contribution in [0, 0.1) is 27.7 Å². The highest BCUT2D eigenvalue weighted by molar-refractivity contribution is 7.80. The lowest BCUT2D eigenvalue weighted by Crippen LogP contribution is -2.28. The number of benzene rings is 1. The van der Waals surface area contributed by atoms with Gasteiger partial charge in [-0.05, 0) is 45.5 Å². The zero-order valence-corrected chi connectivity index (χ0v) is 17.3. The summed E-state index contributed by atoms with van der Waals surface area (Å²) in [5.41, 5.74) is 7.52. The first kappa shape index (κ1) is 19.1. The summed E-state index contributed by atoms with van der Waals surface area (Å²) in [5.74, 6) is 0. The molecule has 0 fully saturated rings. The van der Waals surface area contributed by atoms with Crippen LogP contribution in [0.5, 0.6) is 0 Å². The largest absolute Gasteiger partial charge is 0.358 e. The molecule has 0 aliphatic rings. The second-order valence-corrected chi connectivity index (χ2v) is 7.18. The summed E-state index contributed by atoms with van der Waals surface area (Å²) in [6.07, 6.45) is 0.